The molecule has 24 heavy (non-hydrogen) atoms. The predicted octanol–water partition coefficient (Wildman–Crippen LogP) is 1.48. The van der Waals surface area contributed by atoms with Crippen LogP contribution in [-0.2, 0) is 4.79 Å². The van der Waals surface area contributed by atoms with Gasteiger partial charge in [0.05, 0.1) is 12.7 Å². The van der Waals surface area contributed by atoms with Gasteiger partial charge in [-0.3, -0.25) is 9.59 Å². The molecule has 0 radical (unpaired) electrons. The van der Waals surface area contributed by atoms with Gasteiger partial charge >= 0.3 is 5.97 Å². The van der Waals surface area contributed by atoms with Gasteiger partial charge in [0.15, 0.2) is 0 Å². The molecule has 1 aromatic carbocycles. The lowest BCUT2D eigenvalue weighted by atomic mass is 9.73. The smallest absolute Gasteiger partial charge is 0.313 e. The van der Waals surface area contributed by atoms with Crippen molar-refractivity contribution >= 4 is 11.9 Å². The second-order valence-corrected chi connectivity index (χ2v) is 7.02. The van der Waals surface area contributed by atoms with Gasteiger partial charge in [-0.1, -0.05) is 12.1 Å². The van der Waals surface area contributed by atoms with Crippen molar-refractivity contribution in [3.63, 3.8) is 0 Å². The number of amides is 1. The number of carboxylic acid groups (broad SMARTS) is 1. The summed E-state index contributed by atoms with van der Waals surface area (Å²) in [7, 11) is 3.48. The summed E-state index contributed by atoms with van der Waals surface area (Å²) in [5.41, 5.74) is 0.515. The van der Waals surface area contributed by atoms with Gasteiger partial charge in [-0.05, 0) is 44.5 Å². The molecule has 2 fully saturated rings. The van der Waals surface area contributed by atoms with Gasteiger partial charge in [0.1, 0.15) is 11.2 Å². The molecule has 2 atom stereocenters. The Kier molecular flexibility index (Phi) is 4.25. The zero-order valence-corrected chi connectivity index (χ0v) is 14.4. The van der Waals surface area contributed by atoms with Crippen LogP contribution in [0.1, 0.15) is 22.3 Å². The highest BCUT2D eigenvalue weighted by Crippen LogP contribution is 2.43. The van der Waals surface area contributed by atoms with Crippen LogP contribution in [0.2, 0.25) is 0 Å². The van der Waals surface area contributed by atoms with Gasteiger partial charge in [-0.25, -0.2) is 0 Å². The third-order valence-corrected chi connectivity index (χ3v) is 5.49. The summed E-state index contributed by atoms with van der Waals surface area (Å²) < 4.78 is 5.34. The van der Waals surface area contributed by atoms with E-state index in [0.29, 0.717) is 24.4 Å². The van der Waals surface area contributed by atoms with Crippen LogP contribution in [0.3, 0.4) is 0 Å². The van der Waals surface area contributed by atoms with Crippen molar-refractivity contribution in [1.82, 2.24) is 9.80 Å². The quantitative estimate of drug-likeness (QED) is 0.908. The Morgan fingerprint density at radius 3 is 2.75 bits per heavy atom. The van der Waals surface area contributed by atoms with Crippen LogP contribution >= 0.6 is 0 Å². The minimum Gasteiger partial charge on any atom is -0.496 e. The molecule has 6 heteroatoms. The number of carbonyl (C=O) groups excluding carboxylic acids is 1. The third-order valence-electron chi connectivity index (χ3n) is 5.49. The first-order valence-electron chi connectivity index (χ1n) is 8.24. The lowest BCUT2D eigenvalue weighted by Crippen LogP contribution is -2.52. The van der Waals surface area contributed by atoms with Crippen molar-refractivity contribution in [1.29, 1.82) is 0 Å². The van der Waals surface area contributed by atoms with Crippen molar-refractivity contribution in [3.8, 4) is 5.75 Å². The van der Waals surface area contributed by atoms with E-state index in [9.17, 15) is 14.7 Å². The number of carboxylic acids is 1. The second-order valence-electron chi connectivity index (χ2n) is 7.02. The maximum Gasteiger partial charge on any atom is 0.313 e. The zero-order chi connectivity index (χ0) is 17.5. The van der Waals surface area contributed by atoms with Crippen molar-refractivity contribution < 1.29 is 19.4 Å². The summed E-state index contributed by atoms with van der Waals surface area (Å²) in [5.74, 6) is -0.393. The zero-order valence-electron chi connectivity index (χ0n) is 14.4. The summed E-state index contributed by atoms with van der Waals surface area (Å²) in [5, 5.41) is 9.85. The van der Waals surface area contributed by atoms with Gasteiger partial charge in [0, 0.05) is 19.6 Å². The number of rotatable bonds is 3. The highest BCUT2D eigenvalue weighted by atomic mass is 16.5. The monoisotopic (exact) mass is 332 g/mol. The molecule has 0 bridgehead atoms. The van der Waals surface area contributed by atoms with Gasteiger partial charge in [-0.2, -0.15) is 0 Å². The molecule has 3 rings (SSSR count). The normalized spacial score (nSPS) is 27.0. The Bertz CT molecular complexity index is 675. The van der Waals surface area contributed by atoms with Crippen LogP contribution in [0.25, 0.3) is 0 Å². The molecule has 6 nitrogen and oxygen atoms in total. The number of hydrogen-bond donors (Lipinski definition) is 1. The SMILES string of the molecule is COc1cccc(C)c1C(=O)N1C[C@H]2CCN(C)C[C@@]2(C(=O)O)C1. The van der Waals surface area contributed by atoms with Crippen molar-refractivity contribution in [2.75, 3.05) is 40.3 Å². The van der Waals surface area contributed by atoms with E-state index in [-0.39, 0.29) is 18.4 Å². The van der Waals surface area contributed by atoms with Gasteiger partial charge in [-0.15, -0.1) is 0 Å². The molecule has 2 heterocycles. The summed E-state index contributed by atoms with van der Waals surface area (Å²) >= 11 is 0. The number of nitrogens with zero attached hydrogens (tertiary/aromatic N) is 2. The molecule has 2 saturated heterocycles. The number of fused-ring (bicyclic) bond motifs is 1. The predicted molar refractivity (Wildman–Crippen MR) is 89.3 cm³/mol. The Morgan fingerprint density at radius 1 is 1.33 bits per heavy atom. The lowest BCUT2D eigenvalue weighted by molar-refractivity contribution is -0.153. The average molecular weight is 332 g/mol. The summed E-state index contributed by atoms with van der Waals surface area (Å²) in [6, 6.07) is 5.49. The first-order valence-corrected chi connectivity index (χ1v) is 8.24. The van der Waals surface area contributed by atoms with Crippen LogP contribution in [0.5, 0.6) is 5.75 Å². The van der Waals surface area contributed by atoms with Gasteiger partial charge < -0.3 is 19.6 Å². The number of piperidine rings is 1. The number of hydrogen-bond acceptors (Lipinski definition) is 4. The molecule has 2 aliphatic heterocycles. The first-order chi connectivity index (χ1) is 11.4. The van der Waals surface area contributed by atoms with E-state index in [4.69, 9.17) is 4.74 Å². The second kappa shape index (κ2) is 6.09. The molecule has 1 aromatic rings. The Balaban J connectivity index is 1.92. The molecule has 0 saturated carbocycles. The van der Waals surface area contributed by atoms with Crippen LogP contribution in [0.4, 0.5) is 0 Å². The third kappa shape index (κ3) is 2.55. The van der Waals surface area contributed by atoms with E-state index in [1.165, 1.54) is 0 Å². The Labute approximate surface area is 142 Å². The molecule has 0 aliphatic carbocycles. The number of aliphatic carboxylic acids is 1. The Hall–Kier alpha value is -2.08. The number of ether oxygens (including phenoxy) is 1. The molecule has 2 aliphatic rings. The van der Waals surface area contributed by atoms with Crippen LogP contribution in [0.15, 0.2) is 18.2 Å². The minimum absolute atomic E-state index is 0.00478. The molecule has 0 aromatic heterocycles. The molecule has 0 unspecified atom stereocenters. The first kappa shape index (κ1) is 16.8. The van der Waals surface area contributed by atoms with E-state index in [1.54, 1.807) is 18.1 Å². The minimum atomic E-state index is -0.863. The number of aryl methyl sites for hydroxylation is 1. The maximum absolute atomic E-state index is 13.1. The molecule has 1 amide bonds. The molecular weight excluding hydrogens is 308 g/mol. The van der Waals surface area contributed by atoms with Crippen molar-refractivity contribution in [3.05, 3.63) is 29.3 Å². The van der Waals surface area contributed by atoms with E-state index in [0.717, 1.165) is 18.5 Å². The fourth-order valence-electron chi connectivity index (χ4n) is 4.17. The summed E-state index contributed by atoms with van der Waals surface area (Å²) in [4.78, 5) is 28.8. The number of carbonyl (C=O) groups is 2. The van der Waals surface area contributed by atoms with Crippen molar-refractivity contribution in [2.45, 2.75) is 13.3 Å². The average Bonchev–Trinajstić information content (AvgIpc) is 2.94. The highest BCUT2D eigenvalue weighted by molar-refractivity contribution is 5.99. The number of benzene rings is 1. The highest BCUT2D eigenvalue weighted by Gasteiger charge is 2.55. The number of likely N-dealkylation sites (tertiary alicyclic amines) is 2. The van der Waals surface area contributed by atoms with E-state index < -0.39 is 11.4 Å². The fraction of sp³-hybridized carbons (Fsp3) is 0.556. The topological polar surface area (TPSA) is 70.1 Å². The molecule has 1 N–H and O–H groups in total. The van der Waals surface area contributed by atoms with Gasteiger partial charge in [0.25, 0.3) is 5.91 Å². The van der Waals surface area contributed by atoms with Crippen molar-refractivity contribution in [2.24, 2.45) is 11.3 Å². The Morgan fingerprint density at radius 2 is 2.08 bits per heavy atom. The summed E-state index contributed by atoms with van der Waals surface area (Å²) in [6.07, 6.45) is 0.803. The molecular formula is C18H24N2O4. The molecule has 0 spiro atoms. The van der Waals surface area contributed by atoms with Crippen LogP contribution < -0.4 is 4.74 Å². The fourth-order valence-corrected chi connectivity index (χ4v) is 4.17. The maximum atomic E-state index is 13.1. The largest absolute Gasteiger partial charge is 0.496 e. The van der Waals surface area contributed by atoms with Gasteiger partial charge in [0.2, 0.25) is 0 Å². The standard InChI is InChI=1S/C18H24N2O4/c1-12-5-4-6-14(24-3)15(12)16(21)20-9-13-7-8-19(2)10-18(13,11-20)17(22)23/h4-6,13H,7-11H2,1-3H3,(H,22,23)/t13-,18-/m1/s1. The van der Waals surface area contributed by atoms with Crippen LogP contribution in [0, 0.1) is 18.3 Å². The van der Waals surface area contributed by atoms with E-state index in [1.807, 2.05) is 31.0 Å². The molecule has 130 valence electrons. The van der Waals surface area contributed by atoms with E-state index in [2.05, 4.69) is 0 Å². The lowest BCUT2D eigenvalue weighted by Gasteiger charge is -2.39. The van der Waals surface area contributed by atoms with E-state index >= 15 is 0 Å². The summed E-state index contributed by atoms with van der Waals surface area (Å²) in [6.45, 7) is 3.99. The number of methoxy groups -OCH3 is 1. The van der Waals surface area contributed by atoms with Crippen LogP contribution in [-0.4, -0.2) is 67.1 Å².